The van der Waals surface area contributed by atoms with Crippen LogP contribution >= 0.6 is 26.6 Å². The van der Waals surface area contributed by atoms with Crippen LogP contribution < -0.4 is 4.72 Å². The SMILES string of the molecule is O=S(=O)(Cl)CCNS(=O)(=O)c1ccccc1Br. The second kappa shape index (κ2) is 5.66. The predicted octanol–water partition coefficient (Wildman–Crippen LogP) is 1.30. The molecule has 1 aromatic carbocycles. The molecule has 0 spiro atoms. The topological polar surface area (TPSA) is 80.3 Å². The summed E-state index contributed by atoms with van der Waals surface area (Å²) in [7, 11) is -2.47. The van der Waals surface area contributed by atoms with E-state index in [9.17, 15) is 16.8 Å². The predicted molar refractivity (Wildman–Crippen MR) is 69.0 cm³/mol. The lowest BCUT2D eigenvalue weighted by molar-refractivity contribution is 0.582. The van der Waals surface area contributed by atoms with Gasteiger partial charge >= 0.3 is 0 Å². The molecule has 0 aliphatic heterocycles. The Morgan fingerprint density at radius 1 is 1.18 bits per heavy atom. The van der Waals surface area contributed by atoms with Crippen LogP contribution in [0.25, 0.3) is 0 Å². The van der Waals surface area contributed by atoms with Crippen LogP contribution in [0.4, 0.5) is 0 Å². The first-order valence-electron chi connectivity index (χ1n) is 4.39. The van der Waals surface area contributed by atoms with E-state index in [1.807, 2.05) is 0 Å². The van der Waals surface area contributed by atoms with E-state index >= 15 is 0 Å². The van der Waals surface area contributed by atoms with E-state index in [2.05, 4.69) is 20.7 Å². The fourth-order valence-electron chi connectivity index (χ4n) is 1.04. The van der Waals surface area contributed by atoms with Gasteiger partial charge in [0.2, 0.25) is 19.1 Å². The van der Waals surface area contributed by atoms with E-state index in [0.717, 1.165) is 0 Å². The first-order chi connectivity index (χ1) is 7.72. The summed E-state index contributed by atoms with van der Waals surface area (Å²) in [6.45, 7) is -0.268. The summed E-state index contributed by atoms with van der Waals surface area (Å²) in [5.41, 5.74) is 0. The average molecular weight is 363 g/mol. The van der Waals surface area contributed by atoms with Gasteiger partial charge < -0.3 is 0 Å². The van der Waals surface area contributed by atoms with Crippen LogP contribution in [-0.4, -0.2) is 29.1 Å². The zero-order valence-electron chi connectivity index (χ0n) is 8.43. The number of hydrogen-bond donors (Lipinski definition) is 1. The summed E-state index contributed by atoms with van der Waals surface area (Å²) >= 11 is 3.10. The number of rotatable bonds is 5. The number of nitrogens with one attached hydrogen (secondary N) is 1. The Kier molecular flexibility index (Phi) is 4.96. The van der Waals surface area contributed by atoms with Gasteiger partial charge in [-0.05, 0) is 28.1 Å². The highest BCUT2D eigenvalue weighted by Crippen LogP contribution is 2.20. The zero-order chi connectivity index (χ0) is 13.1. The smallest absolute Gasteiger partial charge is 0.212 e. The highest BCUT2D eigenvalue weighted by atomic mass is 79.9. The van der Waals surface area contributed by atoms with Gasteiger partial charge in [-0.3, -0.25) is 0 Å². The molecule has 0 bridgehead atoms. The van der Waals surface area contributed by atoms with Gasteiger partial charge in [0.25, 0.3) is 0 Å². The molecule has 9 heteroatoms. The van der Waals surface area contributed by atoms with E-state index < -0.39 is 24.8 Å². The van der Waals surface area contributed by atoms with Crippen molar-refractivity contribution in [2.24, 2.45) is 0 Å². The largest absolute Gasteiger partial charge is 0.241 e. The first-order valence-corrected chi connectivity index (χ1v) is 9.14. The van der Waals surface area contributed by atoms with Crippen LogP contribution in [0, 0.1) is 0 Å². The molecule has 0 unspecified atom stereocenters. The van der Waals surface area contributed by atoms with Gasteiger partial charge in [-0.1, -0.05) is 12.1 Å². The van der Waals surface area contributed by atoms with E-state index in [-0.39, 0.29) is 11.4 Å². The fraction of sp³-hybridized carbons (Fsp3) is 0.250. The molecule has 0 aliphatic rings. The van der Waals surface area contributed by atoms with Crippen LogP contribution in [0.5, 0.6) is 0 Å². The van der Waals surface area contributed by atoms with Crippen molar-refractivity contribution in [1.82, 2.24) is 4.72 Å². The zero-order valence-corrected chi connectivity index (χ0v) is 12.4. The van der Waals surface area contributed by atoms with E-state index in [4.69, 9.17) is 10.7 Å². The summed E-state index contributed by atoms with van der Waals surface area (Å²) in [6.07, 6.45) is 0. The maximum Gasteiger partial charge on any atom is 0.241 e. The van der Waals surface area contributed by atoms with Crippen molar-refractivity contribution in [2.75, 3.05) is 12.3 Å². The summed E-state index contributed by atoms with van der Waals surface area (Å²) in [5, 5.41) is 0. The van der Waals surface area contributed by atoms with Gasteiger partial charge in [-0.2, -0.15) is 0 Å². The number of hydrogen-bond acceptors (Lipinski definition) is 4. The van der Waals surface area contributed by atoms with Crippen LogP contribution in [-0.2, 0) is 19.1 Å². The summed E-state index contributed by atoms with van der Waals surface area (Å²) in [6, 6.07) is 6.22. The second-order valence-corrected chi connectivity index (χ2v) is 8.56. The van der Waals surface area contributed by atoms with Crippen molar-refractivity contribution in [3.05, 3.63) is 28.7 Å². The lowest BCUT2D eigenvalue weighted by atomic mass is 10.4. The maximum atomic E-state index is 11.8. The third-order valence-electron chi connectivity index (χ3n) is 1.76. The van der Waals surface area contributed by atoms with Crippen molar-refractivity contribution in [2.45, 2.75) is 4.90 Å². The van der Waals surface area contributed by atoms with E-state index in [1.54, 1.807) is 18.2 Å². The van der Waals surface area contributed by atoms with Crippen LogP contribution in [0.2, 0.25) is 0 Å². The minimum Gasteiger partial charge on any atom is -0.212 e. The summed E-state index contributed by atoms with van der Waals surface area (Å²) < 4.78 is 47.4. The van der Waals surface area contributed by atoms with Crippen molar-refractivity contribution < 1.29 is 16.8 Å². The third kappa shape index (κ3) is 4.92. The lowest BCUT2D eigenvalue weighted by Crippen LogP contribution is -2.28. The number of sulfonamides is 1. The van der Waals surface area contributed by atoms with Gasteiger partial charge in [0.1, 0.15) is 0 Å². The van der Waals surface area contributed by atoms with Crippen molar-refractivity contribution in [1.29, 1.82) is 0 Å². The molecule has 0 saturated carbocycles. The Labute approximate surface area is 113 Å². The lowest BCUT2D eigenvalue weighted by Gasteiger charge is -2.07. The molecule has 0 amide bonds. The molecule has 0 saturated heterocycles. The molecule has 1 aromatic rings. The minimum atomic E-state index is -3.73. The molecule has 5 nitrogen and oxygen atoms in total. The third-order valence-corrected chi connectivity index (χ3v) is 5.39. The molecular formula is C8H9BrClNO4S2. The maximum absolute atomic E-state index is 11.8. The molecule has 0 radical (unpaired) electrons. The van der Waals surface area contributed by atoms with Crippen LogP contribution in [0.3, 0.4) is 0 Å². The second-order valence-electron chi connectivity index (χ2n) is 3.07. The van der Waals surface area contributed by atoms with Gasteiger partial charge in [0, 0.05) is 21.7 Å². The van der Waals surface area contributed by atoms with Crippen LogP contribution in [0.1, 0.15) is 0 Å². The van der Waals surface area contributed by atoms with Gasteiger partial charge in [-0.15, -0.1) is 0 Å². The van der Waals surface area contributed by atoms with Gasteiger partial charge in [-0.25, -0.2) is 21.6 Å². The molecule has 96 valence electrons. The normalized spacial score (nSPS) is 12.6. The standard InChI is InChI=1S/C8H9BrClNO4S2/c9-7-3-1-2-4-8(7)17(14,15)11-5-6-16(10,12)13/h1-4,11H,5-6H2. The highest BCUT2D eigenvalue weighted by molar-refractivity contribution is 9.10. The fourth-order valence-corrected chi connectivity index (χ4v) is 3.78. The Morgan fingerprint density at radius 3 is 2.29 bits per heavy atom. The highest BCUT2D eigenvalue weighted by Gasteiger charge is 2.17. The van der Waals surface area contributed by atoms with Crippen LogP contribution in [0.15, 0.2) is 33.6 Å². The average Bonchev–Trinajstić information content (AvgIpc) is 2.15. The first kappa shape index (κ1) is 14.9. The summed E-state index contributed by atoms with van der Waals surface area (Å²) in [5.74, 6) is -0.460. The van der Waals surface area contributed by atoms with Crippen molar-refractivity contribution in [3.63, 3.8) is 0 Å². The molecule has 0 aliphatic carbocycles. The molecule has 0 heterocycles. The summed E-state index contributed by atoms with van der Waals surface area (Å²) in [4.78, 5) is 0.0481. The molecule has 0 aromatic heterocycles. The number of benzene rings is 1. The Balaban J connectivity index is 2.81. The molecular weight excluding hydrogens is 354 g/mol. The van der Waals surface area contributed by atoms with Gasteiger partial charge in [0.15, 0.2) is 0 Å². The monoisotopic (exact) mass is 361 g/mol. The molecule has 1 N–H and O–H groups in total. The Hall–Kier alpha value is -0.150. The molecule has 0 atom stereocenters. The van der Waals surface area contributed by atoms with Crippen molar-refractivity contribution >= 4 is 45.7 Å². The molecule has 1 rings (SSSR count). The Morgan fingerprint density at radius 2 is 1.76 bits per heavy atom. The quantitative estimate of drug-likeness (QED) is 0.801. The minimum absolute atomic E-state index is 0.0481. The molecule has 0 fully saturated rings. The molecule has 17 heavy (non-hydrogen) atoms. The van der Waals surface area contributed by atoms with E-state index in [1.165, 1.54) is 6.07 Å². The van der Waals surface area contributed by atoms with Gasteiger partial charge in [0.05, 0.1) is 10.6 Å². The van der Waals surface area contributed by atoms with Crippen molar-refractivity contribution in [3.8, 4) is 0 Å². The van der Waals surface area contributed by atoms with E-state index in [0.29, 0.717) is 4.47 Å². The number of halogens is 2. The Bertz CT molecular complexity index is 600.